The first-order valence-corrected chi connectivity index (χ1v) is 10.8. The van der Waals surface area contributed by atoms with E-state index in [1.807, 2.05) is 34.6 Å². The van der Waals surface area contributed by atoms with E-state index in [9.17, 15) is 9.18 Å². The van der Waals surface area contributed by atoms with Crippen molar-refractivity contribution in [1.29, 1.82) is 0 Å². The van der Waals surface area contributed by atoms with Crippen LogP contribution in [0.1, 0.15) is 31.4 Å². The maximum absolute atomic E-state index is 14.3. The van der Waals surface area contributed by atoms with Crippen molar-refractivity contribution < 1.29 is 9.18 Å². The highest BCUT2D eigenvalue weighted by atomic mass is 32.2. The molecule has 2 aliphatic rings. The van der Waals surface area contributed by atoms with E-state index < -0.39 is 0 Å². The number of carbonyl (C=O) groups excluding carboxylic acids is 1. The number of para-hydroxylation sites is 1. The van der Waals surface area contributed by atoms with Crippen LogP contribution in [0, 0.1) is 5.82 Å². The number of fused-ring (bicyclic) bond motifs is 1. The normalized spacial score (nSPS) is 16.7. The van der Waals surface area contributed by atoms with Gasteiger partial charge in [-0.1, -0.05) is 42.1 Å². The summed E-state index contributed by atoms with van der Waals surface area (Å²) in [5, 5.41) is 8.98. The lowest BCUT2D eigenvalue weighted by atomic mass is 10.2. The smallest absolute Gasteiger partial charge is 0.240 e. The van der Waals surface area contributed by atoms with Crippen LogP contribution in [0.25, 0.3) is 11.4 Å². The molecule has 0 radical (unpaired) electrons. The number of thioether (sulfide) groups is 1. The van der Waals surface area contributed by atoms with Crippen molar-refractivity contribution in [2.45, 2.75) is 42.6 Å². The van der Waals surface area contributed by atoms with Crippen LogP contribution in [0.3, 0.4) is 0 Å². The number of carbonyl (C=O) groups is 1. The van der Waals surface area contributed by atoms with Gasteiger partial charge < -0.3 is 4.90 Å². The number of hydrogen-bond donors (Lipinski definition) is 0. The molecule has 0 unspecified atom stereocenters. The van der Waals surface area contributed by atoms with Crippen LogP contribution in [-0.4, -0.2) is 32.5 Å². The standard InChI is InChI=1S/C22H21FN4OS/c1-14(21(28)26-13-12-15-6-2-5-9-19(15)26)29-22-25-24-20(27(22)16-10-11-16)17-7-3-4-8-18(17)23/h2-9,14,16H,10-13H2,1H3/t14-/m1/s1. The number of nitrogens with zero attached hydrogens (tertiary/aromatic N) is 4. The number of rotatable bonds is 5. The Morgan fingerprint density at radius 3 is 2.69 bits per heavy atom. The summed E-state index contributed by atoms with van der Waals surface area (Å²) in [5.41, 5.74) is 2.66. The Morgan fingerprint density at radius 1 is 1.14 bits per heavy atom. The van der Waals surface area contributed by atoms with E-state index in [1.165, 1.54) is 23.4 Å². The molecule has 1 aliphatic carbocycles. The third-order valence-electron chi connectivity index (χ3n) is 5.47. The molecule has 1 aromatic heterocycles. The van der Waals surface area contributed by atoms with E-state index in [-0.39, 0.29) is 23.0 Å². The SMILES string of the molecule is C[C@@H](Sc1nnc(-c2ccccc2F)n1C1CC1)C(=O)N1CCc2ccccc21. The Labute approximate surface area is 172 Å². The summed E-state index contributed by atoms with van der Waals surface area (Å²) in [6.07, 6.45) is 2.93. The van der Waals surface area contributed by atoms with Crippen molar-refractivity contribution >= 4 is 23.4 Å². The quantitative estimate of drug-likeness (QED) is 0.584. The van der Waals surface area contributed by atoms with Gasteiger partial charge >= 0.3 is 0 Å². The predicted molar refractivity (Wildman–Crippen MR) is 112 cm³/mol. The van der Waals surface area contributed by atoms with E-state index in [0.717, 1.165) is 24.9 Å². The van der Waals surface area contributed by atoms with Gasteiger partial charge in [0, 0.05) is 18.3 Å². The van der Waals surface area contributed by atoms with Crippen molar-refractivity contribution in [2.24, 2.45) is 0 Å². The number of hydrogen-bond acceptors (Lipinski definition) is 4. The summed E-state index contributed by atoms with van der Waals surface area (Å²) < 4.78 is 16.3. The highest BCUT2D eigenvalue weighted by Gasteiger charge is 2.34. The minimum absolute atomic E-state index is 0.0674. The zero-order chi connectivity index (χ0) is 20.0. The van der Waals surface area contributed by atoms with Crippen LogP contribution < -0.4 is 4.90 Å². The molecule has 148 valence electrons. The van der Waals surface area contributed by atoms with Gasteiger partial charge in [0.05, 0.1) is 10.8 Å². The molecular formula is C22H21FN4OS. The number of aromatic nitrogens is 3. The van der Waals surface area contributed by atoms with Crippen molar-refractivity contribution in [3.63, 3.8) is 0 Å². The number of anilines is 1. The molecule has 5 rings (SSSR count). The molecule has 2 aromatic carbocycles. The molecule has 1 atom stereocenters. The summed E-state index contributed by atoms with van der Waals surface area (Å²) in [4.78, 5) is 15.0. The molecule has 0 spiro atoms. The van der Waals surface area contributed by atoms with Gasteiger partial charge in [0.25, 0.3) is 0 Å². The largest absolute Gasteiger partial charge is 0.311 e. The molecule has 1 aliphatic heterocycles. The van der Waals surface area contributed by atoms with Crippen molar-refractivity contribution in [1.82, 2.24) is 14.8 Å². The number of halogens is 1. The summed E-state index contributed by atoms with van der Waals surface area (Å²) >= 11 is 1.41. The van der Waals surface area contributed by atoms with E-state index in [0.29, 0.717) is 23.1 Å². The van der Waals surface area contributed by atoms with Crippen LogP contribution >= 0.6 is 11.8 Å². The molecular weight excluding hydrogens is 387 g/mol. The summed E-state index contributed by atoms with van der Waals surface area (Å²) in [6.45, 7) is 2.61. The first-order chi connectivity index (χ1) is 14.1. The van der Waals surface area contributed by atoms with Crippen LogP contribution in [-0.2, 0) is 11.2 Å². The van der Waals surface area contributed by atoms with E-state index in [2.05, 4.69) is 16.3 Å². The van der Waals surface area contributed by atoms with Gasteiger partial charge in [0.2, 0.25) is 5.91 Å². The van der Waals surface area contributed by atoms with Gasteiger partial charge in [-0.05, 0) is 49.9 Å². The lowest BCUT2D eigenvalue weighted by Gasteiger charge is -2.21. The van der Waals surface area contributed by atoms with E-state index in [4.69, 9.17) is 0 Å². The van der Waals surface area contributed by atoms with E-state index in [1.54, 1.807) is 18.2 Å². The molecule has 2 heterocycles. The molecule has 1 amide bonds. The lowest BCUT2D eigenvalue weighted by molar-refractivity contribution is -0.117. The molecule has 1 fully saturated rings. The minimum atomic E-state index is -0.309. The molecule has 5 nitrogen and oxygen atoms in total. The van der Waals surface area contributed by atoms with Gasteiger partial charge in [-0.3, -0.25) is 9.36 Å². The second-order valence-corrected chi connectivity index (χ2v) is 8.82. The number of benzene rings is 2. The Morgan fingerprint density at radius 2 is 1.90 bits per heavy atom. The van der Waals surface area contributed by atoms with Crippen molar-refractivity contribution in [2.75, 3.05) is 11.4 Å². The third kappa shape index (κ3) is 3.33. The second-order valence-electron chi connectivity index (χ2n) is 7.52. The predicted octanol–water partition coefficient (Wildman–Crippen LogP) is 4.49. The molecule has 0 bridgehead atoms. The van der Waals surface area contributed by atoms with E-state index >= 15 is 0 Å². The van der Waals surface area contributed by atoms with Gasteiger partial charge in [0.1, 0.15) is 5.82 Å². The summed E-state index contributed by atoms with van der Waals surface area (Å²) in [6, 6.07) is 14.9. The molecule has 29 heavy (non-hydrogen) atoms. The number of amides is 1. The van der Waals surface area contributed by atoms with Crippen LogP contribution in [0.2, 0.25) is 0 Å². The van der Waals surface area contributed by atoms with Crippen LogP contribution in [0.5, 0.6) is 0 Å². The molecule has 3 aromatic rings. The summed E-state index contributed by atoms with van der Waals surface area (Å²) in [7, 11) is 0. The molecule has 7 heteroatoms. The third-order valence-corrected chi connectivity index (χ3v) is 6.52. The first-order valence-electron chi connectivity index (χ1n) is 9.89. The van der Waals surface area contributed by atoms with Crippen molar-refractivity contribution in [3.05, 3.63) is 59.9 Å². The molecule has 0 saturated heterocycles. The first kappa shape index (κ1) is 18.4. The zero-order valence-corrected chi connectivity index (χ0v) is 16.9. The second kappa shape index (κ2) is 7.30. The Bertz CT molecular complexity index is 1080. The maximum atomic E-state index is 14.3. The Kier molecular flexibility index (Phi) is 4.62. The monoisotopic (exact) mass is 408 g/mol. The highest BCUT2D eigenvalue weighted by Crippen LogP contribution is 2.42. The van der Waals surface area contributed by atoms with Crippen LogP contribution in [0.15, 0.2) is 53.7 Å². The zero-order valence-electron chi connectivity index (χ0n) is 16.1. The van der Waals surface area contributed by atoms with Crippen molar-refractivity contribution in [3.8, 4) is 11.4 Å². The average molecular weight is 409 g/mol. The van der Waals surface area contributed by atoms with Gasteiger partial charge in [0.15, 0.2) is 11.0 Å². The minimum Gasteiger partial charge on any atom is -0.311 e. The topological polar surface area (TPSA) is 51.0 Å². The Hall–Kier alpha value is -2.67. The lowest BCUT2D eigenvalue weighted by Crippen LogP contribution is -2.35. The summed E-state index contributed by atoms with van der Waals surface area (Å²) in [5.74, 6) is 0.299. The Balaban J connectivity index is 1.41. The fourth-order valence-electron chi connectivity index (χ4n) is 3.84. The maximum Gasteiger partial charge on any atom is 0.240 e. The van der Waals surface area contributed by atoms with Gasteiger partial charge in [-0.25, -0.2) is 4.39 Å². The van der Waals surface area contributed by atoms with Gasteiger partial charge in [-0.2, -0.15) is 0 Å². The molecule has 1 saturated carbocycles. The fraction of sp³-hybridized carbons (Fsp3) is 0.318. The molecule has 0 N–H and O–H groups in total. The fourth-order valence-corrected chi connectivity index (χ4v) is 4.82. The van der Waals surface area contributed by atoms with Gasteiger partial charge in [-0.15, -0.1) is 10.2 Å². The van der Waals surface area contributed by atoms with Crippen LogP contribution in [0.4, 0.5) is 10.1 Å². The highest BCUT2D eigenvalue weighted by molar-refractivity contribution is 8.00. The average Bonchev–Trinajstić information content (AvgIpc) is 3.35.